The highest BCUT2D eigenvalue weighted by Crippen LogP contribution is 2.80. The zero-order valence-electron chi connectivity index (χ0n) is 26.1. The fourth-order valence-corrected chi connectivity index (χ4v) is 11.4. The van der Waals surface area contributed by atoms with E-state index in [2.05, 4.69) is 20.8 Å². The summed E-state index contributed by atoms with van der Waals surface area (Å²) in [5, 5.41) is 11.7. The van der Waals surface area contributed by atoms with Crippen LogP contribution in [0.1, 0.15) is 74.1 Å². The van der Waals surface area contributed by atoms with Gasteiger partial charge in [0.2, 0.25) is 6.29 Å². The van der Waals surface area contributed by atoms with E-state index in [1.807, 2.05) is 6.92 Å². The third-order valence-corrected chi connectivity index (χ3v) is 13.3. The van der Waals surface area contributed by atoms with Crippen LogP contribution in [0.15, 0.2) is 24.0 Å². The van der Waals surface area contributed by atoms with Crippen molar-refractivity contribution in [1.29, 1.82) is 0 Å². The van der Waals surface area contributed by atoms with E-state index in [9.17, 15) is 19.5 Å². The lowest BCUT2D eigenvalue weighted by Gasteiger charge is -2.66. The lowest BCUT2D eigenvalue weighted by atomic mass is 9.38. The molecule has 7 aliphatic rings. The number of hydrogen-bond acceptors (Lipinski definition) is 10. The molecular formula is C33H44O10. The first-order chi connectivity index (χ1) is 20.2. The smallest absolute Gasteiger partial charge is 0.333 e. The fourth-order valence-electron chi connectivity index (χ4n) is 11.4. The van der Waals surface area contributed by atoms with Gasteiger partial charge in [0.1, 0.15) is 29.7 Å². The molecule has 6 fully saturated rings. The van der Waals surface area contributed by atoms with E-state index < -0.39 is 63.5 Å². The zero-order valence-corrected chi connectivity index (χ0v) is 26.1. The molecule has 236 valence electrons. The van der Waals surface area contributed by atoms with Crippen LogP contribution in [0, 0.1) is 34.0 Å². The molecule has 0 aromatic rings. The Morgan fingerprint density at radius 1 is 1.07 bits per heavy atom. The summed E-state index contributed by atoms with van der Waals surface area (Å²) in [7, 11) is 0. The molecular weight excluding hydrogens is 556 g/mol. The third-order valence-electron chi connectivity index (χ3n) is 13.3. The van der Waals surface area contributed by atoms with Gasteiger partial charge in [0.15, 0.2) is 5.60 Å². The average Bonchev–Trinajstić information content (AvgIpc) is 3.20. The van der Waals surface area contributed by atoms with E-state index in [-0.39, 0.29) is 36.4 Å². The second-order valence-electron chi connectivity index (χ2n) is 15.0. The normalized spacial score (nSPS) is 55.5. The van der Waals surface area contributed by atoms with Crippen molar-refractivity contribution in [3.8, 4) is 0 Å². The summed E-state index contributed by atoms with van der Waals surface area (Å²) in [4.78, 5) is 38.3. The number of fused-ring (bicyclic) bond motifs is 5. The molecule has 1 N–H and O–H groups in total. The molecule has 0 radical (unpaired) electrons. The van der Waals surface area contributed by atoms with Crippen molar-refractivity contribution >= 4 is 18.2 Å². The van der Waals surface area contributed by atoms with Crippen molar-refractivity contribution in [2.45, 2.75) is 122 Å². The van der Waals surface area contributed by atoms with E-state index >= 15 is 0 Å². The highest BCUT2D eigenvalue weighted by Gasteiger charge is 2.90. The van der Waals surface area contributed by atoms with Crippen LogP contribution in [0.2, 0.25) is 0 Å². The van der Waals surface area contributed by atoms with Gasteiger partial charge < -0.3 is 38.3 Å². The largest absolute Gasteiger partial charge is 0.469 e. The van der Waals surface area contributed by atoms with Gasteiger partial charge in [-0.1, -0.05) is 26.8 Å². The van der Waals surface area contributed by atoms with Crippen LogP contribution >= 0.6 is 0 Å². The summed E-state index contributed by atoms with van der Waals surface area (Å²) in [6.07, 6.45) is 5.08. The van der Waals surface area contributed by atoms with Gasteiger partial charge in [-0.15, -0.1) is 0 Å². The first-order valence-corrected chi connectivity index (χ1v) is 15.6. The summed E-state index contributed by atoms with van der Waals surface area (Å²) in [6.45, 7) is 13.7. The fraction of sp³-hybridized carbons (Fsp3) is 0.788. The van der Waals surface area contributed by atoms with Crippen molar-refractivity contribution in [3.63, 3.8) is 0 Å². The van der Waals surface area contributed by atoms with Gasteiger partial charge in [-0.2, -0.15) is 0 Å². The van der Waals surface area contributed by atoms with Crippen LogP contribution in [-0.4, -0.2) is 77.4 Å². The van der Waals surface area contributed by atoms with Crippen molar-refractivity contribution in [3.05, 3.63) is 24.0 Å². The quantitative estimate of drug-likeness (QED) is 0.210. The maximum Gasteiger partial charge on any atom is 0.333 e. The van der Waals surface area contributed by atoms with E-state index in [0.717, 1.165) is 6.29 Å². The van der Waals surface area contributed by atoms with Crippen molar-refractivity contribution < 1.29 is 47.9 Å². The molecule has 14 unspecified atom stereocenters. The minimum absolute atomic E-state index is 0.169. The first-order valence-electron chi connectivity index (χ1n) is 15.6. The van der Waals surface area contributed by atoms with Gasteiger partial charge in [0.25, 0.3) is 0 Å². The van der Waals surface area contributed by atoms with Crippen molar-refractivity contribution in [2.75, 3.05) is 6.61 Å². The topological polar surface area (TPSA) is 130 Å². The minimum Gasteiger partial charge on any atom is -0.469 e. The number of epoxide rings is 1. The number of aliphatic hydroxyl groups is 1. The molecule has 0 aromatic heterocycles. The number of hydrogen-bond donors (Lipinski definition) is 1. The maximum atomic E-state index is 13.4. The number of ether oxygens (including phenoxy) is 6. The van der Waals surface area contributed by atoms with Gasteiger partial charge in [-0.3, -0.25) is 4.79 Å². The number of esters is 2. The van der Waals surface area contributed by atoms with Gasteiger partial charge in [0.05, 0.1) is 25.1 Å². The standard InChI is InChI=1S/C33H44O10/c1-8-17(2)26(36)41-23-14-22(40-18(3)35)28(4)16-39-19-15-29(5,20(9-11-34)30(23,6)25(19)28)33-24(42-33)13-21-31(33,7)43-27-32(21,37)10-12-38-27/h8,10-12,19-25,27,37H,9,13-16H2,1-7H3. The maximum absolute atomic E-state index is 13.4. The van der Waals surface area contributed by atoms with Crippen molar-refractivity contribution in [2.24, 2.45) is 34.0 Å². The van der Waals surface area contributed by atoms with Crippen LogP contribution in [-0.2, 0) is 42.8 Å². The Morgan fingerprint density at radius 2 is 1.81 bits per heavy atom. The molecule has 3 saturated carbocycles. The Hall–Kier alpha value is -2.27. The highest BCUT2D eigenvalue weighted by atomic mass is 16.7. The molecule has 3 aliphatic carbocycles. The second kappa shape index (κ2) is 8.92. The summed E-state index contributed by atoms with van der Waals surface area (Å²) in [6, 6.07) is 0. The monoisotopic (exact) mass is 600 g/mol. The molecule has 0 aromatic carbocycles. The predicted molar refractivity (Wildman–Crippen MR) is 150 cm³/mol. The van der Waals surface area contributed by atoms with Crippen LogP contribution in [0.25, 0.3) is 0 Å². The molecule has 3 saturated heterocycles. The number of allylic oxidation sites excluding steroid dienone is 1. The number of rotatable bonds is 6. The van der Waals surface area contributed by atoms with E-state index in [0.29, 0.717) is 31.4 Å². The summed E-state index contributed by atoms with van der Waals surface area (Å²) < 4.78 is 38.0. The van der Waals surface area contributed by atoms with Crippen LogP contribution in [0.3, 0.4) is 0 Å². The Bertz CT molecular complexity index is 1330. The predicted octanol–water partition coefficient (Wildman–Crippen LogP) is 3.39. The summed E-state index contributed by atoms with van der Waals surface area (Å²) >= 11 is 0. The SMILES string of the molecule is CC=C(C)C(=O)OC1CC(OC(C)=O)C2(C)COC3CC(C)(C45OC4CC4C6(O)C=COC6OC45C)C(CC=O)C1(C)C32. The molecule has 43 heavy (non-hydrogen) atoms. The lowest BCUT2D eigenvalue weighted by molar-refractivity contribution is -0.261. The Morgan fingerprint density at radius 3 is 2.49 bits per heavy atom. The molecule has 4 heterocycles. The molecule has 10 nitrogen and oxygen atoms in total. The summed E-state index contributed by atoms with van der Waals surface area (Å²) in [5.41, 5.74) is -4.47. The molecule has 10 heteroatoms. The molecule has 0 spiro atoms. The van der Waals surface area contributed by atoms with Crippen molar-refractivity contribution in [1.82, 2.24) is 0 Å². The Labute approximate surface area is 252 Å². The van der Waals surface area contributed by atoms with E-state index in [1.54, 1.807) is 26.0 Å². The van der Waals surface area contributed by atoms with Crippen LogP contribution in [0.5, 0.6) is 0 Å². The second-order valence-corrected chi connectivity index (χ2v) is 15.0. The zero-order chi connectivity index (χ0) is 31.0. The lowest BCUT2D eigenvalue weighted by Crippen LogP contribution is -2.71. The minimum atomic E-state index is -1.26. The van der Waals surface area contributed by atoms with Gasteiger partial charge in [-0.05, 0) is 45.6 Å². The molecule has 4 aliphatic heterocycles. The molecule has 0 bridgehead atoms. The number of carbonyl (C=O) groups is 3. The Balaban J connectivity index is 1.37. The Kier molecular flexibility index (Phi) is 6.11. The summed E-state index contributed by atoms with van der Waals surface area (Å²) in [5.74, 6) is -1.57. The van der Waals surface area contributed by atoms with Gasteiger partial charge >= 0.3 is 11.9 Å². The third kappa shape index (κ3) is 3.31. The average molecular weight is 601 g/mol. The van der Waals surface area contributed by atoms with Crippen LogP contribution in [0.4, 0.5) is 0 Å². The highest BCUT2D eigenvalue weighted by molar-refractivity contribution is 5.87. The van der Waals surface area contributed by atoms with E-state index in [1.165, 1.54) is 13.2 Å². The number of aldehydes is 1. The first kappa shape index (κ1) is 29.4. The van der Waals surface area contributed by atoms with Gasteiger partial charge in [0, 0.05) is 53.4 Å². The van der Waals surface area contributed by atoms with Gasteiger partial charge in [-0.25, -0.2) is 4.79 Å². The number of carbonyl (C=O) groups excluding carboxylic acids is 3. The molecule has 14 atom stereocenters. The molecule has 0 amide bonds. The van der Waals surface area contributed by atoms with Crippen LogP contribution < -0.4 is 0 Å². The molecule has 7 rings (SSSR count). The van der Waals surface area contributed by atoms with E-state index in [4.69, 9.17) is 28.4 Å².